The fourth-order valence-electron chi connectivity index (χ4n) is 1.29. The monoisotopic (exact) mass is 192 g/mol. The average molecular weight is 192 g/mol. The number of esters is 1. The highest BCUT2D eigenvalue weighted by Crippen LogP contribution is 2.20. The predicted octanol–water partition coefficient (Wildman–Crippen LogP) is 0.127. The topological polar surface area (TPSA) is 60.4 Å². The summed E-state index contributed by atoms with van der Waals surface area (Å²) in [6.45, 7) is 1.91. The van der Waals surface area contributed by atoms with Gasteiger partial charge in [-0.1, -0.05) is 0 Å². The van der Waals surface area contributed by atoms with Crippen LogP contribution in [0.2, 0.25) is 0 Å². The van der Waals surface area contributed by atoms with Crippen molar-refractivity contribution >= 4 is 15.8 Å². The van der Waals surface area contributed by atoms with Crippen molar-refractivity contribution in [3.63, 3.8) is 0 Å². The molecule has 1 atom stereocenters. The predicted molar refractivity (Wildman–Crippen MR) is 43.4 cm³/mol. The molecule has 0 spiro atoms. The van der Waals surface area contributed by atoms with Gasteiger partial charge in [0.25, 0.3) is 0 Å². The quantitative estimate of drug-likeness (QED) is 0.583. The maximum Gasteiger partial charge on any atom is 0.324 e. The molecule has 1 aliphatic rings. The highest BCUT2D eigenvalue weighted by Gasteiger charge is 2.38. The number of carbonyl (C=O) groups excluding carboxylic acids is 1. The van der Waals surface area contributed by atoms with Gasteiger partial charge in [0.1, 0.15) is 0 Å². The van der Waals surface area contributed by atoms with E-state index < -0.39 is 21.1 Å². The summed E-state index contributed by atoms with van der Waals surface area (Å²) in [5.41, 5.74) is 0. The SMILES string of the molecule is CCOC(=O)C1CCCS1(=O)=O. The molecule has 0 saturated carbocycles. The largest absolute Gasteiger partial charge is 0.465 e. The van der Waals surface area contributed by atoms with E-state index in [1.807, 2.05) is 0 Å². The minimum atomic E-state index is -3.18. The Labute approximate surface area is 71.8 Å². The Morgan fingerprint density at radius 2 is 2.25 bits per heavy atom. The Hall–Kier alpha value is -0.580. The number of sulfone groups is 1. The van der Waals surface area contributed by atoms with E-state index in [1.54, 1.807) is 6.92 Å². The lowest BCUT2D eigenvalue weighted by Crippen LogP contribution is -2.28. The second-order valence-electron chi connectivity index (χ2n) is 2.75. The van der Waals surface area contributed by atoms with Gasteiger partial charge in [-0.05, 0) is 19.8 Å². The molecule has 0 N–H and O–H groups in total. The van der Waals surface area contributed by atoms with Gasteiger partial charge in [-0.25, -0.2) is 8.42 Å². The van der Waals surface area contributed by atoms with E-state index in [1.165, 1.54) is 0 Å². The third kappa shape index (κ3) is 1.77. The Balaban J connectivity index is 2.69. The summed E-state index contributed by atoms with van der Waals surface area (Å²) in [6, 6.07) is 0. The molecule has 0 aromatic rings. The van der Waals surface area contributed by atoms with Crippen molar-refractivity contribution in [3.05, 3.63) is 0 Å². The number of carbonyl (C=O) groups is 1. The van der Waals surface area contributed by atoms with Gasteiger partial charge in [0.2, 0.25) is 0 Å². The number of hydrogen-bond donors (Lipinski definition) is 0. The van der Waals surface area contributed by atoms with Crippen molar-refractivity contribution in [2.45, 2.75) is 25.0 Å². The van der Waals surface area contributed by atoms with E-state index in [4.69, 9.17) is 0 Å². The zero-order chi connectivity index (χ0) is 9.19. The Bertz CT molecular complexity index is 267. The molecule has 0 aromatic carbocycles. The summed E-state index contributed by atoms with van der Waals surface area (Å²) in [4.78, 5) is 11.1. The smallest absolute Gasteiger partial charge is 0.324 e. The molecule has 4 nitrogen and oxygen atoms in total. The first-order chi connectivity index (χ1) is 5.58. The number of hydrogen-bond acceptors (Lipinski definition) is 4. The fraction of sp³-hybridized carbons (Fsp3) is 0.857. The van der Waals surface area contributed by atoms with Crippen molar-refractivity contribution < 1.29 is 17.9 Å². The maximum atomic E-state index is 11.2. The normalized spacial score (nSPS) is 26.9. The van der Waals surface area contributed by atoms with Gasteiger partial charge in [-0.15, -0.1) is 0 Å². The lowest BCUT2D eigenvalue weighted by Gasteiger charge is -2.06. The second-order valence-corrected chi connectivity index (χ2v) is 5.05. The molecule has 1 heterocycles. The van der Waals surface area contributed by atoms with Crippen LogP contribution in [0.3, 0.4) is 0 Å². The summed E-state index contributed by atoms with van der Waals surface area (Å²) < 4.78 is 27.0. The van der Waals surface area contributed by atoms with Crippen LogP contribution in [0.4, 0.5) is 0 Å². The summed E-state index contributed by atoms with van der Waals surface area (Å²) in [5, 5.41) is -0.891. The van der Waals surface area contributed by atoms with Gasteiger partial charge in [0.15, 0.2) is 15.1 Å². The van der Waals surface area contributed by atoms with E-state index in [0.717, 1.165) is 0 Å². The number of rotatable bonds is 2. The van der Waals surface area contributed by atoms with Crippen LogP contribution in [0.15, 0.2) is 0 Å². The molecule has 0 bridgehead atoms. The molecule has 70 valence electrons. The maximum absolute atomic E-state index is 11.2. The molecular weight excluding hydrogens is 180 g/mol. The van der Waals surface area contributed by atoms with E-state index in [2.05, 4.69) is 4.74 Å². The van der Waals surface area contributed by atoms with Gasteiger partial charge >= 0.3 is 5.97 Å². The van der Waals surface area contributed by atoms with Crippen molar-refractivity contribution in [1.29, 1.82) is 0 Å². The standard InChI is InChI=1S/C7H12O4S/c1-2-11-7(8)6-4-3-5-12(6,9)10/h6H,2-5H2,1H3. The Kier molecular flexibility index (Phi) is 2.72. The summed E-state index contributed by atoms with van der Waals surface area (Å²) in [6.07, 6.45) is 0.993. The summed E-state index contributed by atoms with van der Waals surface area (Å²) >= 11 is 0. The minimum absolute atomic E-state index is 0.122. The minimum Gasteiger partial charge on any atom is -0.465 e. The molecular formula is C7H12O4S. The fourth-order valence-corrected chi connectivity index (χ4v) is 3.03. The zero-order valence-corrected chi connectivity index (χ0v) is 7.76. The first kappa shape index (κ1) is 9.51. The van der Waals surface area contributed by atoms with E-state index >= 15 is 0 Å². The molecule has 12 heavy (non-hydrogen) atoms. The van der Waals surface area contributed by atoms with Crippen LogP contribution < -0.4 is 0 Å². The van der Waals surface area contributed by atoms with Crippen LogP contribution in [0.1, 0.15) is 19.8 Å². The lowest BCUT2D eigenvalue weighted by atomic mass is 10.2. The first-order valence-electron chi connectivity index (χ1n) is 3.96. The Morgan fingerprint density at radius 3 is 2.67 bits per heavy atom. The van der Waals surface area contributed by atoms with Crippen LogP contribution in [0.25, 0.3) is 0 Å². The summed E-state index contributed by atoms with van der Waals surface area (Å²) in [7, 11) is -3.18. The average Bonchev–Trinajstić information content (AvgIpc) is 2.30. The highest BCUT2D eigenvalue weighted by molar-refractivity contribution is 7.93. The number of ether oxygens (including phenoxy) is 1. The lowest BCUT2D eigenvalue weighted by molar-refractivity contribution is -0.142. The van der Waals surface area contributed by atoms with Crippen molar-refractivity contribution in [1.82, 2.24) is 0 Å². The molecule has 5 heteroatoms. The van der Waals surface area contributed by atoms with Crippen LogP contribution in [0.5, 0.6) is 0 Å². The second kappa shape index (κ2) is 3.43. The molecule has 1 rings (SSSR count). The Morgan fingerprint density at radius 1 is 1.58 bits per heavy atom. The molecule has 1 fully saturated rings. The molecule has 0 aromatic heterocycles. The van der Waals surface area contributed by atoms with Gasteiger partial charge in [-0.3, -0.25) is 4.79 Å². The van der Waals surface area contributed by atoms with Crippen LogP contribution in [-0.2, 0) is 19.4 Å². The molecule has 1 unspecified atom stereocenters. The van der Waals surface area contributed by atoms with Gasteiger partial charge in [0, 0.05) is 0 Å². The highest BCUT2D eigenvalue weighted by atomic mass is 32.2. The van der Waals surface area contributed by atoms with E-state index in [-0.39, 0.29) is 12.4 Å². The van der Waals surface area contributed by atoms with Gasteiger partial charge in [0.05, 0.1) is 12.4 Å². The third-order valence-corrected chi connectivity index (χ3v) is 4.03. The van der Waals surface area contributed by atoms with Crippen molar-refractivity contribution in [3.8, 4) is 0 Å². The zero-order valence-electron chi connectivity index (χ0n) is 6.95. The van der Waals surface area contributed by atoms with Crippen LogP contribution in [-0.4, -0.2) is 32.0 Å². The van der Waals surface area contributed by atoms with Crippen LogP contribution >= 0.6 is 0 Å². The first-order valence-corrected chi connectivity index (χ1v) is 5.67. The van der Waals surface area contributed by atoms with Crippen LogP contribution in [0, 0.1) is 0 Å². The molecule has 1 saturated heterocycles. The van der Waals surface area contributed by atoms with Crippen molar-refractivity contribution in [2.24, 2.45) is 0 Å². The molecule has 0 radical (unpaired) electrons. The van der Waals surface area contributed by atoms with Crippen molar-refractivity contribution in [2.75, 3.05) is 12.4 Å². The van der Waals surface area contributed by atoms with Gasteiger partial charge < -0.3 is 4.74 Å². The molecule has 0 aliphatic carbocycles. The van der Waals surface area contributed by atoms with E-state index in [0.29, 0.717) is 12.8 Å². The third-order valence-electron chi connectivity index (χ3n) is 1.88. The molecule has 1 aliphatic heterocycles. The molecule has 0 amide bonds. The summed E-state index contributed by atoms with van der Waals surface area (Å²) in [5.74, 6) is -0.466. The van der Waals surface area contributed by atoms with E-state index in [9.17, 15) is 13.2 Å². The van der Waals surface area contributed by atoms with Gasteiger partial charge in [-0.2, -0.15) is 0 Å².